The largest absolute Gasteiger partial charge is 0.459 e. The molecule has 0 aromatic carbocycles. The van der Waals surface area contributed by atoms with Gasteiger partial charge in [0.15, 0.2) is 5.57 Å². The molecule has 0 radical (unpaired) electrons. The van der Waals surface area contributed by atoms with E-state index in [0.29, 0.717) is 15.0 Å². The van der Waals surface area contributed by atoms with E-state index in [-0.39, 0.29) is 31.2 Å². The van der Waals surface area contributed by atoms with Crippen LogP contribution in [-0.2, 0) is 31.6 Å². The first-order valence-corrected chi connectivity index (χ1v) is 9.48. The number of hydrogen-bond donors (Lipinski definition) is 1. The Bertz CT molecular complexity index is 664. The van der Waals surface area contributed by atoms with Gasteiger partial charge in [0.2, 0.25) is 4.34 Å². The van der Waals surface area contributed by atoms with Gasteiger partial charge in [-0.1, -0.05) is 25.2 Å². The zero-order chi connectivity index (χ0) is 18.1. The topological polar surface area (TPSA) is 114 Å². The average Bonchev–Trinajstić information content (AvgIpc) is 3.00. The van der Waals surface area contributed by atoms with Crippen molar-refractivity contribution in [3.05, 3.63) is 16.3 Å². The summed E-state index contributed by atoms with van der Waals surface area (Å²) in [5.74, 6) is -0.791. The second kappa shape index (κ2) is 10.1. The normalized spacial score (nSPS) is 13.2. The summed E-state index contributed by atoms with van der Waals surface area (Å²) in [7, 11) is 0.309. The summed E-state index contributed by atoms with van der Waals surface area (Å²) in [5, 5.41) is 20.7. The number of carbonyl (C=O) groups excluding carboxylic acids is 1. The van der Waals surface area contributed by atoms with Crippen molar-refractivity contribution in [3.63, 3.8) is 0 Å². The molecule has 1 N–H and O–H groups in total. The fraction of sp³-hybridized carbons (Fsp3) is 0.571. The molecular weight excluding hydrogens is 352 g/mol. The highest BCUT2D eigenvalue weighted by Gasteiger charge is 2.20. The van der Waals surface area contributed by atoms with Crippen LogP contribution in [0.1, 0.15) is 18.9 Å². The summed E-state index contributed by atoms with van der Waals surface area (Å²) in [6, 6.07) is 1.89. The van der Waals surface area contributed by atoms with Crippen LogP contribution in [0.15, 0.2) is 15.6 Å². The predicted octanol–water partition coefficient (Wildman–Crippen LogP) is 0.988. The van der Waals surface area contributed by atoms with E-state index in [1.54, 1.807) is 0 Å². The molecule has 0 bridgehead atoms. The molecule has 1 rings (SSSR count). The third-order valence-electron chi connectivity index (χ3n) is 2.81. The lowest BCUT2D eigenvalue weighted by Crippen LogP contribution is -2.23. The molecule has 10 heteroatoms. The Labute approximate surface area is 147 Å². The van der Waals surface area contributed by atoms with E-state index in [4.69, 9.17) is 9.47 Å². The molecular formula is C14H20N4O4S2. The highest BCUT2D eigenvalue weighted by molar-refractivity contribution is 7.86. The van der Waals surface area contributed by atoms with E-state index in [1.165, 1.54) is 24.7 Å². The van der Waals surface area contributed by atoms with Crippen LogP contribution in [0.3, 0.4) is 0 Å². The van der Waals surface area contributed by atoms with Crippen molar-refractivity contribution in [2.75, 3.05) is 26.6 Å². The van der Waals surface area contributed by atoms with Crippen LogP contribution in [0.4, 0.5) is 0 Å². The molecule has 0 amide bonds. The van der Waals surface area contributed by atoms with Gasteiger partial charge in [0, 0.05) is 19.1 Å². The molecule has 132 valence electrons. The minimum absolute atomic E-state index is 0.0773. The van der Waals surface area contributed by atoms with Crippen molar-refractivity contribution < 1.29 is 18.5 Å². The molecule has 0 saturated heterocycles. The van der Waals surface area contributed by atoms with E-state index < -0.39 is 16.8 Å². The van der Waals surface area contributed by atoms with Gasteiger partial charge in [0.05, 0.1) is 24.0 Å². The quantitative estimate of drug-likeness (QED) is 0.295. The highest BCUT2D eigenvalue weighted by Crippen LogP contribution is 2.17. The Kier molecular flexibility index (Phi) is 8.53. The minimum atomic E-state index is -1.19. The Hall–Kier alpha value is -1.83. The van der Waals surface area contributed by atoms with Crippen molar-refractivity contribution in [1.29, 1.82) is 5.26 Å². The predicted molar refractivity (Wildman–Crippen MR) is 89.4 cm³/mol. The Morgan fingerprint density at radius 1 is 1.42 bits per heavy atom. The van der Waals surface area contributed by atoms with Crippen LogP contribution in [0, 0.1) is 17.2 Å². The van der Waals surface area contributed by atoms with Crippen LogP contribution < -0.4 is 5.32 Å². The van der Waals surface area contributed by atoms with E-state index in [1.807, 2.05) is 19.9 Å². The maximum absolute atomic E-state index is 12.0. The molecule has 0 aliphatic carbocycles. The molecule has 0 aliphatic rings. The van der Waals surface area contributed by atoms with E-state index >= 15 is 0 Å². The van der Waals surface area contributed by atoms with Crippen LogP contribution in [0.2, 0.25) is 0 Å². The fourth-order valence-electron chi connectivity index (χ4n) is 1.68. The van der Waals surface area contributed by atoms with Crippen molar-refractivity contribution >= 4 is 28.1 Å². The van der Waals surface area contributed by atoms with Gasteiger partial charge in [0.1, 0.15) is 17.7 Å². The maximum Gasteiger partial charge on any atom is 0.350 e. The number of esters is 1. The van der Waals surface area contributed by atoms with Gasteiger partial charge in [-0.15, -0.1) is 10.2 Å². The molecule has 8 nitrogen and oxygen atoms in total. The number of allylic oxidation sites excluding steroid dienone is 1. The second-order valence-electron chi connectivity index (χ2n) is 4.95. The summed E-state index contributed by atoms with van der Waals surface area (Å²) >= 11 is 1.22. The van der Waals surface area contributed by atoms with Gasteiger partial charge in [-0.2, -0.15) is 5.26 Å². The van der Waals surface area contributed by atoms with Crippen LogP contribution in [0.5, 0.6) is 0 Å². The van der Waals surface area contributed by atoms with Gasteiger partial charge in [-0.05, 0) is 5.92 Å². The van der Waals surface area contributed by atoms with E-state index in [2.05, 4.69) is 15.5 Å². The number of nitriles is 1. The number of carbonyl (C=O) groups is 1. The number of nitrogens with one attached hydrogen (secondary N) is 1. The van der Waals surface area contributed by atoms with Gasteiger partial charge >= 0.3 is 5.97 Å². The average molecular weight is 372 g/mol. The van der Waals surface area contributed by atoms with Crippen molar-refractivity contribution in [1.82, 2.24) is 15.5 Å². The molecule has 1 heterocycles. The standard InChI is InChI=1S/C14H20N4O4S2/c1-9(2)12(10(7-15)13(19)22-6-5-21-3)16-8-11-17-18-14(23-11)24(4)20/h9,16H,5-6,8H2,1-4H3/b12-10+. The molecule has 0 saturated carbocycles. The Morgan fingerprint density at radius 2 is 2.12 bits per heavy atom. The lowest BCUT2D eigenvalue weighted by atomic mass is 10.0. The first kappa shape index (κ1) is 20.2. The van der Waals surface area contributed by atoms with Gasteiger partial charge < -0.3 is 14.8 Å². The SMILES string of the molecule is COCCOC(=O)/C(C#N)=C(/NCc1nnc(S(C)=O)s1)C(C)C. The third-order valence-corrected chi connectivity index (χ3v) is 5.05. The summed E-state index contributed by atoms with van der Waals surface area (Å²) < 4.78 is 21.6. The summed E-state index contributed by atoms with van der Waals surface area (Å²) in [4.78, 5) is 12.0. The van der Waals surface area contributed by atoms with Gasteiger partial charge in [0.25, 0.3) is 0 Å². The fourth-order valence-corrected chi connectivity index (χ4v) is 3.11. The molecule has 24 heavy (non-hydrogen) atoms. The summed E-state index contributed by atoms with van der Waals surface area (Å²) in [6.07, 6.45) is 1.53. The molecule has 1 unspecified atom stereocenters. The van der Waals surface area contributed by atoms with E-state index in [9.17, 15) is 14.3 Å². The van der Waals surface area contributed by atoms with Crippen molar-refractivity contribution in [2.24, 2.45) is 5.92 Å². The van der Waals surface area contributed by atoms with Crippen LogP contribution in [0.25, 0.3) is 0 Å². The maximum atomic E-state index is 12.0. The highest BCUT2D eigenvalue weighted by atomic mass is 32.2. The molecule has 0 fully saturated rings. The Balaban J connectivity index is 2.87. The number of rotatable bonds is 9. The van der Waals surface area contributed by atoms with Crippen LogP contribution in [-0.4, -0.2) is 47.0 Å². The first-order chi connectivity index (χ1) is 11.4. The zero-order valence-corrected chi connectivity index (χ0v) is 15.6. The third kappa shape index (κ3) is 5.99. The lowest BCUT2D eigenvalue weighted by molar-refractivity contribution is -0.139. The van der Waals surface area contributed by atoms with E-state index in [0.717, 1.165) is 0 Å². The molecule has 1 aromatic heterocycles. The summed E-state index contributed by atoms with van der Waals surface area (Å²) in [6.45, 7) is 4.33. The van der Waals surface area contributed by atoms with Crippen molar-refractivity contribution in [2.45, 2.75) is 24.7 Å². The Morgan fingerprint density at radius 3 is 2.62 bits per heavy atom. The van der Waals surface area contributed by atoms with Crippen LogP contribution >= 0.6 is 11.3 Å². The first-order valence-electron chi connectivity index (χ1n) is 7.10. The van der Waals surface area contributed by atoms with Crippen molar-refractivity contribution in [3.8, 4) is 6.07 Å². The van der Waals surface area contributed by atoms with Gasteiger partial charge in [-0.25, -0.2) is 4.79 Å². The number of hydrogen-bond acceptors (Lipinski definition) is 9. The number of ether oxygens (including phenoxy) is 2. The minimum Gasteiger partial charge on any atom is -0.459 e. The number of methoxy groups -OCH3 is 1. The lowest BCUT2D eigenvalue weighted by Gasteiger charge is -2.15. The molecule has 1 atom stereocenters. The molecule has 0 spiro atoms. The monoisotopic (exact) mass is 372 g/mol. The summed E-state index contributed by atoms with van der Waals surface area (Å²) in [5.41, 5.74) is 0.388. The smallest absolute Gasteiger partial charge is 0.350 e. The zero-order valence-electron chi connectivity index (χ0n) is 14.0. The number of nitrogens with zero attached hydrogens (tertiary/aromatic N) is 3. The second-order valence-corrected chi connectivity index (χ2v) is 7.57. The van der Waals surface area contributed by atoms with Gasteiger partial charge in [-0.3, -0.25) is 4.21 Å². The number of aromatic nitrogens is 2. The molecule has 0 aliphatic heterocycles. The molecule has 1 aromatic rings.